The average molecular weight is 211 g/mol. The minimum absolute atomic E-state index is 0.149. The summed E-state index contributed by atoms with van der Waals surface area (Å²) in [5.41, 5.74) is 7.05. The maximum atomic E-state index is 5.88. The van der Waals surface area contributed by atoms with Crippen molar-refractivity contribution in [3.05, 3.63) is 29.8 Å². The normalized spacial score (nSPS) is 11.3. The van der Waals surface area contributed by atoms with Crippen LogP contribution in [0.15, 0.2) is 24.3 Å². The molecule has 1 unspecified atom stereocenters. The van der Waals surface area contributed by atoms with Crippen LogP contribution in [0.5, 0.6) is 5.75 Å². The fraction of sp³-hybridized carbons (Fsp3) is 0.455. The van der Waals surface area contributed by atoms with Gasteiger partial charge in [0.1, 0.15) is 5.75 Å². The fourth-order valence-electron chi connectivity index (χ4n) is 1.21. The SMILES string of the molecule is CCOc1ccc(C(N)CC)cc1.NN. The topological polar surface area (TPSA) is 87.3 Å². The Morgan fingerprint density at radius 2 is 1.67 bits per heavy atom. The maximum Gasteiger partial charge on any atom is 0.119 e. The van der Waals surface area contributed by atoms with Crippen LogP contribution in [0.2, 0.25) is 0 Å². The van der Waals surface area contributed by atoms with E-state index in [0.717, 1.165) is 12.2 Å². The van der Waals surface area contributed by atoms with E-state index < -0.39 is 0 Å². The smallest absolute Gasteiger partial charge is 0.119 e. The Morgan fingerprint density at radius 1 is 1.13 bits per heavy atom. The van der Waals surface area contributed by atoms with Gasteiger partial charge in [-0.1, -0.05) is 19.1 Å². The third-order valence-corrected chi connectivity index (χ3v) is 2.06. The summed E-state index contributed by atoms with van der Waals surface area (Å²) in [4.78, 5) is 0. The van der Waals surface area contributed by atoms with Crippen molar-refractivity contribution < 1.29 is 4.74 Å². The van der Waals surface area contributed by atoms with Gasteiger partial charge in [0.25, 0.3) is 0 Å². The van der Waals surface area contributed by atoms with E-state index in [1.807, 2.05) is 31.2 Å². The van der Waals surface area contributed by atoms with Gasteiger partial charge in [0.2, 0.25) is 0 Å². The summed E-state index contributed by atoms with van der Waals surface area (Å²) >= 11 is 0. The monoisotopic (exact) mass is 211 g/mol. The second-order valence-corrected chi connectivity index (χ2v) is 3.02. The van der Waals surface area contributed by atoms with Gasteiger partial charge in [0.05, 0.1) is 6.61 Å². The first-order valence-electron chi connectivity index (χ1n) is 5.09. The lowest BCUT2D eigenvalue weighted by molar-refractivity contribution is 0.340. The lowest BCUT2D eigenvalue weighted by Crippen LogP contribution is -2.08. The molecule has 0 amide bonds. The van der Waals surface area contributed by atoms with Gasteiger partial charge in [-0.25, -0.2) is 0 Å². The molecule has 0 spiro atoms. The predicted molar refractivity (Wildman–Crippen MR) is 63.2 cm³/mol. The van der Waals surface area contributed by atoms with E-state index in [1.165, 1.54) is 5.56 Å². The van der Waals surface area contributed by atoms with Crippen molar-refractivity contribution in [1.82, 2.24) is 0 Å². The van der Waals surface area contributed by atoms with Crippen LogP contribution in [-0.4, -0.2) is 6.61 Å². The third kappa shape index (κ3) is 4.78. The minimum atomic E-state index is 0.149. The summed E-state index contributed by atoms with van der Waals surface area (Å²) in [5, 5.41) is 0. The largest absolute Gasteiger partial charge is 0.494 e. The van der Waals surface area contributed by atoms with Crippen molar-refractivity contribution in [2.24, 2.45) is 17.4 Å². The molecule has 0 saturated carbocycles. The molecule has 0 fully saturated rings. The zero-order valence-electron chi connectivity index (χ0n) is 9.44. The van der Waals surface area contributed by atoms with Gasteiger partial charge in [0.15, 0.2) is 0 Å². The summed E-state index contributed by atoms with van der Waals surface area (Å²) in [7, 11) is 0. The predicted octanol–water partition coefficient (Wildman–Crippen LogP) is 1.31. The summed E-state index contributed by atoms with van der Waals surface area (Å²) in [6.07, 6.45) is 0.966. The molecule has 1 atom stereocenters. The van der Waals surface area contributed by atoms with Crippen LogP contribution in [0.3, 0.4) is 0 Å². The molecule has 0 aliphatic rings. The quantitative estimate of drug-likeness (QED) is 0.517. The van der Waals surface area contributed by atoms with Crippen molar-refractivity contribution in [2.75, 3.05) is 6.61 Å². The number of hydrogen-bond acceptors (Lipinski definition) is 4. The van der Waals surface area contributed by atoms with E-state index in [9.17, 15) is 0 Å². The first kappa shape index (κ1) is 13.9. The summed E-state index contributed by atoms with van der Waals surface area (Å²) in [6, 6.07) is 8.14. The molecule has 0 aliphatic heterocycles. The highest BCUT2D eigenvalue weighted by Crippen LogP contribution is 2.17. The Kier molecular flexibility index (Phi) is 7.62. The number of ether oxygens (including phenoxy) is 1. The molecule has 0 radical (unpaired) electrons. The Bertz CT molecular complexity index is 249. The number of benzene rings is 1. The van der Waals surface area contributed by atoms with Gasteiger partial charge in [0, 0.05) is 6.04 Å². The van der Waals surface area contributed by atoms with Crippen molar-refractivity contribution in [3.8, 4) is 5.75 Å². The highest BCUT2D eigenvalue weighted by atomic mass is 16.5. The summed E-state index contributed by atoms with van der Waals surface area (Å²) in [6.45, 7) is 4.77. The number of rotatable bonds is 4. The molecule has 0 saturated heterocycles. The van der Waals surface area contributed by atoms with Crippen molar-refractivity contribution >= 4 is 0 Å². The van der Waals surface area contributed by atoms with Crippen LogP contribution in [0.1, 0.15) is 31.9 Å². The van der Waals surface area contributed by atoms with Crippen molar-refractivity contribution in [1.29, 1.82) is 0 Å². The Labute approximate surface area is 91.4 Å². The van der Waals surface area contributed by atoms with Crippen molar-refractivity contribution in [2.45, 2.75) is 26.3 Å². The van der Waals surface area contributed by atoms with E-state index in [1.54, 1.807) is 0 Å². The van der Waals surface area contributed by atoms with E-state index in [0.29, 0.717) is 6.61 Å². The van der Waals surface area contributed by atoms with Crippen molar-refractivity contribution in [3.63, 3.8) is 0 Å². The van der Waals surface area contributed by atoms with Gasteiger partial charge in [-0.05, 0) is 31.0 Å². The fourth-order valence-corrected chi connectivity index (χ4v) is 1.21. The summed E-state index contributed by atoms with van der Waals surface area (Å²) < 4.78 is 5.33. The second-order valence-electron chi connectivity index (χ2n) is 3.02. The highest BCUT2D eigenvalue weighted by Gasteiger charge is 2.02. The lowest BCUT2D eigenvalue weighted by atomic mass is 10.1. The van der Waals surface area contributed by atoms with Crippen LogP contribution in [0.25, 0.3) is 0 Å². The molecule has 6 N–H and O–H groups in total. The van der Waals surface area contributed by atoms with Gasteiger partial charge < -0.3 is 10.5 Å². The standard InChI is InChI=1S/C11H17NO.H4N2/c1-3-11(12)9-5-7-10(8-6-9)13-4-2;1-2/h5-8,11H,3-4,12H2,1-2H3;1-2H2. The van der Waals surface area contributed by atoms with E-state index in [-0.39, 0.29) is 6.04 Å². The molecular weight excluding hydrogens is 190 g/mol. The lowest BCUT2D eigenvalue weighted by Gasteiger charge is -2.09. The van der Waals surface area contributed by atoms with E-state index in [2.05, 4.69) is 18.6 Å². The van der Waals surface area contributed by atoms with E-state index in [4.69, 9.17) is 10.5 Å². The van der Waals surface area contributed by atoms with Gasteiger partial charge in [-0.15, -0.1) is 0 Å². The van der Waals surface area contributed by atoms with Crippen LogP contribution in [0, 0.1) is 0 Å². The molecular formula is C11H21N3O. The molecule has 4 heteroatoms. The number of hydrazine groups is 1. The molecule has 0 heterocycles. The maximum absolute atomic E-state index is 5.88. The van der Waals surface area contributed by atoms with Crippen LogP contribution < -0.4 is 22.2 Å². The molecule has 1 aromatic carbocycles. The van der Waals surface area contributed by atoms with Gasteiger partial charge >= 0.3 is 0 Å². The summed E-state index contributed by atoms with van der Waals surface area (Å²) in [5.74, 6) is 8.91. The zero-order valence-corrected chi connectivity index (χ0v) is 9.44. The van der Waals surface area contributed by atoms with Gasteiger partial charge in [-0.2, -0.15) is 0 Å². The molecule has 0 bridgehead atoms. The van der Waals surface area contributed by atoms with Crippen LogP contribution in [0.4, 0.5) is 0 Å². The first-order chi connectivity index (χ1) is 7.27. The zero-order chi connectivity index (χ0) is 11.7. The average Bonchev–Trinajstić information content (AvgIpc) is 2.32. The molecule has 86 valence electrons. The Morgan fingerprint density at radius 3 is 2.07 bits per heavy atom. The highest BCUT2D eigenvalue weighted by molar-refractivity contribution is 5.28. The molecule has 0 aromatic heterocycles. The molecule has 4 nitrogen and oxygen atoms in total. The van der Waals surface area contributed by atoms with Crippen LogP contribution in [-0.2, 0) is 0 Å². The van der Waals surface area contributed by atoms with Gasteiger partial charge in [-0.3, -0.25) is 11.7 Å². The number of hydrogen-bond donors (Lipinski definition) is 3. The Balaban J connectivity index is 0.000000921. The number of nitrogens with two attached hydrogens (primary N) is 3. The third-order valence-electron chi connectivity index (χ3n) is 2.06. The molecule has 1 rings (SSSR count). The first-order valence-corrected chi connectivity index (χ1v) is 5.09. The second kappa shape index (κ2) is 8.23. The molecule has 1 aromatic rings. The molecule has 15 heavy (non-hydrogen) atoms. The van der Waals surface area contributed by atoms with E-state index >= 15 is 0 Å². The minimum Gasteiger partial charge on any atom is -0.494 e. The van der Waals surface area contributed by atoms with Crippen LogP contribution >= 0.6 is 0 Å². The molecule has 0 aliphatic carbocycles. The Hall–Kier alpha value is -1.10.